The Morgan fingerprint density at radius 2 is 1.48 bits per heavy atom. The first-order valence-corrected chi connectivity index (χ1v) is 32.9. The highest BCUT2D eigenvalue weighted by Gasteiger charge is 2.35. The molecule has 22 heteroatoms. The van der Waals surface area contributed by atoms with Crippen LogP contribution >= 0.6 is 11.3 Å². The van der Waals surface area contributed by atoms with Crippen LogP contribution in [-0.4, -0.2) is 134 Å². The van der Waals surface area contributed by atoms with Gasteiger partial charge in [-0.3, -0.25) is 38.1 Å². The number of carboxylic acid groups (broad SMARTS) is 1. The predicted octanol–water partition coefficient (Wildman–Crippen LogP) is 8.65. The molecule has 8 N–H and O–H groups in total. The molecule has 2 saturated heterocycles. The van der Waals surface area contributed by atoms with Crippen molar-refractivity contribution in [3.8, 4) is 5.75 Å². The Labute approximate surface area is 517 Å². The maximum absolute atomic E-state index is 14.4. The topological polar surface area (TPSA) is 288 Å². The minimum atomic E-state index is -4.42. The number of benzene rings is 4. The number of carbonyl (C=O) groups excluding carboxylic acids is 6. The summed E-state index contributed by atoms with van der Waals surface area (Å²) in [5.41, 5.74) is 2.98. The zero-order valence-electron chi connectivity index (χ0n) is 52.3. The van der Waals surface area contributed by atoms with Gasteiger partial charge >= 0.3 is 5.97 Å². The summed E-state index contributed by atoms with van der Waals surface area (Å²) in [6.07, 6.45) is 3.62. The summed E-state index contributed by atoms with van der Waals surface area (Å²) in [6, 6.07) is 20.5. The van der Waals surface area contributed by atoms with Crippen molar-refractivity contribution in [3.63, 3.8) is 0 Å². The monoisotopic (exact) mass is 1240 g/mol. The maximum atomic E-state index is 14.4. The van der Waals surface area contributed by atoms with Crippen LogP contribution in [0.3, 0.4) is 0 Å². The van der Waals surface area contributed by atoms with E-state index in [2.05, 4.69) is 82.3 Å². The molecule has 4 aromatic carbocycles. The number of carboxylic acids is 1. The fourth-order valence-electron chi connectivity index (χ4n) is 10.4. The van der Waals surface area contributed by atoms with Gasteiger partial charge in [-0.15, -0.1) is 11.3 Å². The Kier molecular flexibility index (Phi) is 30.8. The molecular formula is C65H93N7O13S2. The van der Waals surface area contributed by atoms with Crippen molar-refractivity contribution >= 4 is 83.7 Å². The fraction of sp³-hybridized carbons (Fsp3) is 0.523. The number of fused-ring (bicyclic) bond motifs is 2. The number of hydrogen-bond donors (Lipinski definition) is 8. The summed E-state index contributed by atoms with van der Waals surface area (Å²) < 4.78 is 46.7. The second-order valence-corrected chi connectivity index (χ2v) is 24.5. The van der Waals surface area contributed by atoms with E-state index in [4.69, 9.17) is 9.47 Å². The third-order valence-electron chi connectivity index (χ3n) is 14.5. The average Bonchev–Trinajstić information content (AvgIpc) is 3.08. The molecule has 3 heterocycles. The van der Waals surface area contributed by atoms with Gasteiger partial charge in [-0.25, -0.2) is 0 Å². The van der Waals surface area contributed by atoms with Crippen molar-refractivity contribution in [1.82, 2.24) is 36.8 Å². The van der Waals surface area contributed by atoms with Gasteiger partial charge in [0.05, 0.1) is 31.4 Å². The first kappa shape index (κ1) is 72.5. The van der Waals surface area contributed by atoms with Gasteiger partial charge in [0.1, 0.15) is 29.6 Å². The SMILES string of the molecule is CC.CCC.CCOc1ccc2ccccc2c1C(=O)NC(Cc1ccc(CS(=O)(=O)O)c(CNCC2CCCO2)c1)C(=O)NCC(=O)N1CCCC1C(=O)NCC(=O)NC(CCCC(=O)O)C(=O)NC(C(C)C)C(C)C.Cc1csc2ccccc12. The molecule has 4 atom stereocenters. The number of carbonyl (C=O) groups is 7. The normalized spacial score (nSPS) is 15.3. The number of rotatable bonds is 27. The predicted molar refractivity (Wildman–Crippen MR) is 342 cm³/mol. The molecule has 20 nitrogen and oxygen atoms in total. The van der Waals surface area contributed by atoms with E-state index in [1.54, 1.807) is 43.3 Å². The molecule has 0 saturated carbocycles. The maximum Gasteiger partial charge on any atom is 0.303 e. The lowest BCUT2D eigenvalue weighted by Crippen LogP contribution is -2.55. The summed E-state index contributed by atoms with van der Waals surface area (Å²) in [5, 5.41) is 31.0. The van der Waals surface area contributed by atoms with Crippen LogP contribution in [0.2, 0.25) is 0 Å². The smallest absolute Gasteiger partial charge is 0.303 e. The number of ether oxygens (including phenoxy) is 2. The molecule has 4 unspecified atom stereocenters. The van der Waals surface area contributed by atoms with Gasteiger partial charge in [-0.05, 0) is 120 Å². The summed E-state index contributed by atoms with van der Waals surface area (Å²) in [4.78, 5) is 95.0. The van der Waals surface area contributed by atoms with Gasteiger partial charge in [0.2, 0.25) is 29.5 Å². The number of nitrogens with one attached hydrogen (secondary N) is 6. The summed E-state index contributed by atoms with van der Waals surface area (Å²) in [5.74, 6) is -4.98. The Balaban J connectivity index is 0.000000944. The van der Waals surface area contributed by atoms with Gasteiger partial charge in [0.25, 0.3) is 16.0 Å². The lowest BCUT2D eigenvalue weighted by atomic mass is 9.92. The highest BCUT2D eigenvalue weighted by molar-refractivity contribution is 7.85. The Morgan fingerprint density at radius 3 is 2.13 bits per heavy atom. The van der Waals surface area contributed by atoms with Gasteiger partial charge in [0, 0.05) is 49.8 Å². The van der Waals surface area contributed by atoms with E-state index in [1.807, 2.05) is 71.1 Å². The zero-order valence-corrected chi connectivity index (χ0v) is 53.9. The second kappa shape index (κ2) is 37.0. The van der Waals surface area contributed by atoms with Gasteiger partial charge < -0.3 is 51.4 Å². The quantitative estimate of drug-likeness (QED) is 0.0229. The zero-order chi connectivity index (χ0) is 64.2. The van der Waals surface area contributed by atoms with Crippen molar-refractivity contribution in [2.24, 2.45) is 11.8 Å². The molecule has 0 spiro atoms. The highest BCUT2D eigenvalue weighted by atomic mass is 32.2. The molecule has 0 bridgehead atoms. The number of nitrogens with zero attached hydrogens (tertiary/aromatic N) is 1. The van der Waals surface area contributed by atoms with Crippen molar-refractivity contribution in [1.29, 1.82) is 0 Å². The fourth-order valence-corrected chi connectivity index (χ4v) is 12.0. The van der Waals surface area contributed by atoms with E-state index < -0.39 is 88.5 Å². The Bertz CT molecular complexity index is 3150. The Hall–Kier alpha value is -6.98. The number of aliphatic carboxylic acids is 1. The third kappa shape index (κ3) is 23.6. The van der Waals surface area contributed by atoms with Crippen molar-refractivity contribution < 1.29 is 61.1 Å². The standard InChI is InChI=1S/C51H71N7O13S.C9H8S.C3H8.C2H6/c1-6-70-42-21-20-34-12-7-8-14-38(34)46(42)51(66)56-40(25-33-18-19-35(30-72(67,68)69)36(24-33)26-52-27-37-13-11-23-71-37)48(63)54-29-44(60)58-22-10-16-41(58)50(65)53-28-43(59)55-39(15-9-17-45(61)62)49(64)57-47(31(2)3)32(4)5;1-7-6-10-9-5-3-2-4-8(7)9;1-3-2;1-2/h7-8,12,14,18-21,24,31-32,37,39-41,47,52H,6,9-11,13,15-17,22-23,25-30H2,1-5H3,(H,53,65)(H,54,63)(H,55,59)(H,56,66)(H,57,64)(H,61,62)(H,67,68,69);2-6H,1H3;3H2,1-2H3;1-2H3. The molecule has 87 heavy (non-hydrogen) atoms. The molecule has 2 fully saturated rings. The Morgan fingerprint density at radius 1 is 0.793 bits per heavy atom. The van der Waals surface area contributed by atoms with E-state index in [9.17, 15) is 51.6 Å². The number of amides is 6. The van der Waals surface area contributed by atoms with Crippen LogP contribution in [0, 0.1) is 18.8 Å². The first-order chi connectivity index (χ1) is 41.5. The molecule has 2 aliphatic heterocycles. The van der Waals surface area contributed by atoms with Gasteiger partial charge in [-0.1, -0.05) is 129 Å². The number of likely N-dealkylation sites (tertiary alicyclic amines) is 1. The van der Waals surface area contributed by atoms with Crippen molar-refractivity contribution in [2.75, 3.05) is 39.4 Å². The van der Waals surface area contributed by atoms with Gasteiger partial charge in [-0.2, -0.15) is 8.42 Å². The summed E-state index contributed by atoms with van der Waals surface area (Å²) in [7, 11) is -4.42. The molecule has 478 valence electrons. The average molecular weight is 1240 g/mol. The largest absolute Gasteiger partial charge is 0.493 e. The van der Waals surface area contributed by atoms with Crippen LogP contribution in [0.4, 0.5) is 0 Å². The van der Waals surface area contributed by atoms with E-state index >= 15 is 0 Å². The second-order valence-electron chi connectivity index (χ2n) is 22.1. The lowest BCUT2D eigenvalue weighted by Gasteiger charge is -2.29. The van der Waals surface area contributed by atoms with Crippen molar-refractivity contribution in [3.05, 3.63) is 112 Å². The molecule has 5 aromatic rings. The minimum Gasteiger partial charge on any atom is -0.493 e. The minimum absolute atomic E-state index is 0.00722. The van der Waals surface area contributed by atoms with Crippen LogP contribution in [0.15, 0.2) is 84.2 Å². The van der Waals surface area contributed by atoms with E-state index in [-0.39, 0.29) is 87.1 Å². The number of aryl methyl sites for hydroxylation is 1. The first-order valence-electron chi connectivity index (χ1n) is 30.5. The molecular weight excluding hydrogens is 1150 g/mol. The highest BCUT2D eigenvalue weighted by Crippen LogP contribution is 2.29. The molecule has 0 aliphatic carbocycles. The van der Waals surface area contributed by atoms with Crippen LogP contribution in [-0.2, 0) is 62.3 Å². The summed E-state index contributed by atoms with van der Waals surface area (Å²) >= 11 is 1.81. The van der Waals surface area contributed by atoms with Gasteiger partial charge in [0.15, 0.2) is 0 Å². The molecule has 2 aliphatic rings. The summed E-state index contributed by atoms with van der Waals surface area (Å²) in [6.45, 7) is 20.7. The van der Waals surface area contributed by atoms with Crippen LogP contribution < -0.4 is 36.6 Å². The third-order valence-corrected chi connectivity index (χ3v) is 16.2. The van der Waals surface area contributed by atoms with Crippen molar-refractivity contribution in [2.45, 2.75) is 170 Å². The number of hydrogen-bond acceptors (Lipinski definition) is 13. The molecule has 0 radical (unpaired) electrons. The number of thiophene rings is 1. The molecule has 1 aromatic heterocycles. The van der Waals surface area contributed by atoms with Crippen LogP contribution in [0.5, 0.6) is 5.75 Å². The van der Waals surface area contributed by atoms with Crippen LogP contribution in [0.25, 0.3) is 20.9 Å². The van der Waals surface area contributed by atoms with E-state index in [0.29, 0.717) is 41.6 Å². The lowest BCUT2D eigenvalue weighted by molar-refractivity contribution is -0.139. The van der Waals surface area contributed by atoms with Crippen LogP contribution in [0.1, 0.15) is 146 Å². The molecule has 6 amide bonds. The van der Waals surface area contributed by atoms with E-state index in [1.165, 1.54) is 27.0 Å². The molecule has 7 rings (SSSR count). The van der Waals surface area contributed by atoms with E-state index in [0.717, 1.165) is 18.2 Å².